The van der Waals surface area contributed by atoms with Gasteiger partial charge in [0, 0.05) is 31.0 Å². The fourth-order valence-corrected chi connectivity index (χ4v) is 2.86. The van der Waals surface area contributed by atoms with Crippen LogP contribution in [0.15, 0.2) is 18.5 Å². The van der Waals surface area contributed by atoms with Crippen LogP contribution in [0, 0.1) is 0 Å². The summed E-state index contributed by atoms with van der Waals surface area (Å²) < 4.78 is 5.84. The molecule has 2 aliphatic heterocycles. The summed E-state index contributed by atoms with van der Waals surface area (Å²) in [5.74, 6) is 0.680. The lowest BCUT2D eigenvalue weighted by molar-refractivity contribution is -0.145. The van der Waals surface area contributed by atoms with Crippen LogP contribution in [0.4, 0.5) is 0 Å². The third kappa shape index (κ3) is 2.05. The molecule has 1 saturated heterocycles. The number of aliphatic hydroxyl groups is 1. The summed E-state index contributed by atoms with van der Waals surface area (Å²) in [5.41, 5.74) is 0.0269. The van der Waals surface area contributed by atoms with E-state index >= 15 is 0 Å². The first-order valence-corrected chi connectivity index (χ1v) is 6.82. The Hall–Kier alpha value is -1.66. The summed E-state index contributed by atoms with van der Waals surface area (Å²) in [6.07, 6.45) is 2.54. The predicted molar refractivity (Wildman–Crippen MR) is 72.3 cm³/mol. The van der Waals surface area contributed by atoms with Gasteiger partial charge in [-0.25, -0.2) is 0 Å². The Morgan fingerprint density at radius 3 is 3.10 bits per heavy atom. The lowest BCUT2D eigenvalue weighted by Gasteiger charge is -2.47. The number of nitrogens with zero attached hydrogens (tertiary/aromatic N) is 2. The number of hydrogen-bond donors (Lipinski definition) is 2. The topological polar surface area (TPSA) is 74.7 Å². The highest BCUT2D eigenvalue weighted by Crippen LogP contribution is 2.42. The molecule has 0 unspecified atom stereocenters. The maximum atomic E-state index is 12.2. The number of aromatic nitrogens is 1. The number of nitrogens with one attached hydrogen (secondary N) is 1. The van der Waals surface area contributed by atoms with Crippen LogP contribution in [0.1, 0.15) is 25.5 Å². The average molecular weight is 277 g/mol. The van der Waals surface area contributed by atoms with Crippen molar-refractivity contribution in [1.29, 1.82) is 0 Å². The van der Waals surface area contributed by atoms with Crippen molar-refractivity contribution in [2.45, 2.75) is 31.6 Å². The normalized spacial score (nSPS) is 28.8. The second-order valence-electron chi connectivity index (χ2n) is 5.77. The molecule has 2 N–H and O–H groups in total. The van der Waals surface area contributed by atoms with E-state index in [4.69, 9.17) is 4.74 Å². The number of piperazine rings is 1. The summed E-state index contributed by atoms with van der Waals surface area (Å²) in [5, 5.41) is 13.7. The number of carbonyl (C=O) groups excluding carboxylic acids is 1. The molecular formula is C14H19N3O3. The van der Waals surface area contributed by atoms with Crippen LogP contribution in [-0.4, -0.2) is 52.2 Å². The van der Waals surface area contributed by atoms with Gasteiger partial charge in [0.05, 0.1) is 12.6 Å². The Morgan fingerprint density at radius 2 is 2.35 bits per heavy atom. The van der Waals surface area contributed by atoms with Gasteiger partial charge in [0.1, 0.15) is 17.5 Å². The molecule has 1 aromatic rings. The quantitative estimate of drug-likeness (QED) is 0.761. The van der Waals surface area contributed by atoms with Gasteiger partial charge < -0.3 is 20.1 Å². The molecule has 0 bridgehead atoms. The fourth-order valence-electron chi connectivity index (χ4n) is 2.86. The van der Waals surface area contributed by atoms with E-state index < -0.39 is 17.7 Å². The first-order valence-electron chi connectivity index (χ1n) is 6.82. The SMILES string of the molecule is CC1(C)Oc2ccncc2[C@@H](N2CCNCC2=O)[C@@H]1O. The van der Waals surface area contributed by atoms with E-state index in [0.29, 0.717) is 18.8 Å². The highest BCUT2D eigenvalue weighted by Gasteiger charge is 2.47. The van der Waals surface area contributed by atoms with Crippen molar-refractivity contribution in [2.75, 3.05) is 19.6 Å². The summed E-state index contributed by atoms with van der Waals surface area (Å²) in [6.45, 7) is 5.28. The van der Waals surface area contributed by atoms with Crippen LogP contribution in [0.2, 0.25) is 0 Å². The zero-order chi connectivity index (χ0) is 14.3. The number of amides is 1. The summed E-state index contributed by atoms with van der Waals surface area (Å²) in [4.78, 5) is 18.0. The zero-order valence-electron chi connectivity index (χ0n) is 11.7. The minimum Gasteiger partial charge on any atom is -0.485 e. The number of fused-ring (bicyclic) bond motifs is 1. The minimum atomic E-state index is -0.791. The molecule has 1 aromatic heterocycles. The molecule has 0 spiro atoms. The van der Waals surface area contributed by atoms with E-state index in [0.717, 1.165) is 12.1 Å². The van der Waals surface area contributed by atoms with Gasteiger partial charge in [-0.3, -0.25) is 9.78 Å². The molecule has 0 saturated carbocycles. The maximum Gasteiger partial charge on any atom is 0.237 e. The van der Waals surface area contributed by atoms with E-state index in [1.807, 2.05) is 13.8 Å². The van der Waals surface area contributed by atoms with Gasteiger partial charge >= 0.3 is 0 Å². The smallest absolute Gasteiger partial charge is 0.237 e. The van der Waals surface area contributed by atoms with Crippen molar-refractivity contribution < 1.29 is 14.6 Å². The van der Waals surface area contributed by atoms with Crippen LogP contribution < -0.4 is 10.1 Å². The average Bonchev–Trinajstić information content (AvgIpc) is 2.41. The number of hydrogen-bond acceptors (Lipinski definition) is 5. The Kier molecular flexibility index (Phi) is 3.14. The lowest BCUT2D eigenvalue weighted by Crippen LogP contribution is -2.58. The second kappa shape index (κ2) is 4.71. The molecule has 6 heteroatoms. The summed E-state index contributed by atoms with van der Waals surface area (Å²) >= 11 is 0. The molecule has 0 aliphatic carbocycles. The van der Waals surface area contributed by atoms with Crippen LogP contribution in [0.5, 0.6) is 5.75 Å². The van der Waals surface area contributed by atoms with Crippen LogP contribution in [0.25, 0.3) is 0 Å². The number of pyridine rings is 1. The van der Waals surface area contributed by atoms with Crippen molar-refractivity contribution in [3.05, 3.63) is 24.0 Å². The van der Waals surface area contributed by atoms with Crippen molar-refractivity contribution in [3.63, 3.8) is 0 Å². The Bertz CT molecular complexity index is 532. The van der Waals surface area contributed by atoms with E-state index in [9.17, 15) is 9.90 Å². The van der Waals surface area contributed by atoms with E-state index in [-0.39, 0.29) is 5.91 Å². The van der Waals surface area contributed by atoms with Crippen molar-refractivity contribution in [3.8, 4) is 5.75 Å². The molecule has 20 heavy (non-hydrogen) atoms. The van der Waals surface area contributed by atoms with Crippen molar-refractivity contribution in [2.24, 2.45) is 0 Å². The molecule has 108 valence electrons. The largest absolute Gasteiger partial charge is 0.485 e. The highest BCUT2D eigenvalue weighted by molar-refractivity contribution is 5.79. The number of carbonyl (C=O) groups is 1. The first-order chi connectivity index (χ1) is 9.50. The molecule has 3 rings (SSSR count). The Labute approximate surface area is 117 Å². The third-order valence-corrected chi connectivity index (χ3v) is 3.97. The van der Waals surface area contributed by atoms with Gasteiger partial charge in [-0.05, 0) is 19.9 Å². The number of rotatable bonds is 1. The van der Waals surface area contributed by atoms with Crippen LogP contribution >= 0.6 is 0 Å². The van der Waals surface area contributed by atoms with E-state index in [2.05, 4.69) is 10.3 Å². The highest BCUT2D eigenvalue weighted by atomic mass is 16.5. The molecule has 2 aliphatic rings. The van der Waals surface area contributed by atoms with Gasteiger partial charge in [-0.2, -0.15) is 0 Å². The van der Waals surface area contributed by atoms with Crippen molar-refractivity contribution >= 4 is 5.91 Å². The van der Waals surface area contributed by atoms with Gasteiger partial charge in [0.2, 0.25) is 5.91 Å². The number of aliphatic hydroxyl groups excluding tert-OH is 1. The molecule has 0 radical (unpaired) electrons. The van der Waals surface area contributed by atoms with Crippen molar-refractivity contribution in [1.82, 2.24) is 15.2 Å². The van der Waals surface area contributed by atoms with Gasteiger partial charge in [-0.15, -0.1) is 0 Å². The fraction of sp³-hybridized carbons (Fsp3) is 0.571. The molecule has 1 amide bonds. The monoisotopic (exact) mass is 277 g/mol. The molecule has 3 heterocycles. The zero-order valence-corrected chi connectivity index (χ0v) is 11.7. The standard InChI is InChI=1S/C14H19N3O3/c1-14(2)13(19)12(17-6-5-16-8-11(17)18)9-7-15-4-3-10(9)20-14/h3-4,7,12-13,16,19H,5-6,8H2,1-2H3/t12-,13+/m1/s1. The Morgan fingerprint density at radius 1 is 1.55 bits per heavy atom. The van der Waals surface area contributed by atoms with Crippen LogP contribution in [0.3, 0.4) is 0 Å². The molecule has 0 aromatic carbocycles. The van der Waals surface area contributed by atoms with Crippen LogP contribution in [-0.2, 0) is 4.79 Å². The molecular weight excluding hydrogens is 258 g/mol. The Balaban J connectivity index is 2.05. The second-order valence-corrected chi connectivity index (χ2v) is 5.77. The number of ether oxygens (including phenoxy) is 1. The maximum absolute atomic E-state index is 12.2. The third-order valence-electron chi connectivity index (χ3n) is 3.97. The van der Waals surface area contributed by atoms with Gasteiger partial charge in [0.25, 0.3) is 0 Å². The summed E-state index contributed by atoms with van der Waals surface area (Å²) in [7, 11) is 0. The summed E-state index contributed by atoms with van der Waals surface area (Å²) in [6, 6.07) is 1.37. The molecule has 2 atom stereocenters. The lowest BCUT2D eigenvalue weighted by atomic mass is 9.86. The predicted octanol–water partition coefficient (Wildman–Crippen LogP) is 0.0864. The van der Waals surface area contributed by atoms with E-state index in [1.165, 1.54) is 0 Å². The van der Waals surface area contributed by atoms with E-state index in [1.54, 1.807) is 23.4 Å². The van der Waals surface area contributed by atoms with Gasteiger partial charge in [0.15, 0.2) is 0 Å². The minimum absolute atomic E-state index is 0.00666. The molecule has 1 fully saturated rings. The first kappa shape index (κ1) is 13.3. The van der Waals surface area contributed by atoms with Gasteiger partial charge in [-0.1, -0.05) is 0 Å². The molecule has 6 nitrogen and oxygen atoms in total.